The van der Waals surface area contributed by atoms with Crippen molar-refractivity contribution in [2.75, 3.05) is 0 Å². The Bertz CT molecular complexity index is 352. The van der Waals surface area contributed by atoms with E-state index in [1.807, 2.05) is 0 Å². The summed E-state index contributed by atoms with van der Waals surface area (Å²) < 4.78 is 18.0. The van der Waals surface area contributed by atoms with Crippen LogP contribution in [0.4, 0.5) is 4.39 Å². The van der Waals surface area contributed by atoms with Crippen molar-refractivity contribution in [2.45, 2.75) is 20.0 Å². The predicted octanol–water partition coefficient (Wildman–Crippen LogP) is 2.84. The van der Waals surface area contributed by atoms with Gasteiger partial charge in [0.05, 0.1) is 5.02 Å². The van der Waals surface area contributed by atoms with Gasteiger partial charge in [-0.05, 0) is 26.0 Å². The van der Waals surface area contributed by atoms with Crippen LogP contribution < -0.4 is 4.74 Å². The number of ketones is 1. The number of hydrogen-bond acceptors (Lipinski definition) is 2. The Morgan fingerprint density at radius 2 is 2.21 bits per heavy atom. The van der Waals surface area contributed by atoms with E-state index in [4.69, 9.17) is 16.3 Å². The summed E-state index contributed by atoms with van der Waals surface area (Å²) >= 11 is 5.54. The Labute approximate surface area is 86.6 Å². The van der Waals surface area contributed by atoms with Crippen molar-refractivity contribution in [3.05, 3.63) is 29.0 Å². The van der Waals surface area contributed by atoms with E-state index in [1.165, 1.54) is 25.1 Å². The molecule has 1 unspecified atom stereocenters. The summed E-state index contributed by atoms with van der Waals surface area (Å²) in [6, 6.07) is 3.97. The fourth-order valence-corrected chi connectivity index (χ4v) is 1.01. The summed E-state index contributed by atoms with van der Waals surface area (Å²) in [4.78, 5) is 10.9. The Morgan fingerprint density at radius 1 is 1.57 bits per heavy atom. The lowest BCUT2D eigenvalue weighted by molar-refractivity contribution is -0.122. The van der Waals surface area contributed by atoms with Gasteiger partial charge in [-0.2, -0.15) is 0 Å². The smallest absolute Gasteiger partial charge is 0.169 e. The summed E-state index contributed by atoms with van der Waals surface area (Å²) in [7, 11) is 0. The molecule has 0 saturated carbocycles. The van der Waals surface area contributed by atoms with Gasteiger partial charge in [0.1, 0.15) is 11.6 Å². The topological polar surface area (TPSA) is 26.3 Å². The first-order valence-corrected chi connectivity index (χ1v) is 4.50. The lowest BCUT2D eigenvalue weighted by Gasteiger charge is -2.11. The second kappa shape index (κ2) is 4.42. The molecule has 76 valence electrons. The monoisotopic (exact) mass is 216 g/mol. The van der Waals surface area contributed by atoms with Gasteiger partial charge in [0, 0.05) is 6.07 Å². The van der Waals surface area contributed by atoms with Crippen LogP contribution in [0.25, 0.3) is 0 Å². The van der Waals surface area contributed by atoms with Crippen molar-refractivity contribution in [2.24, 2.45) is 0 Å². The second-order valence-corrected chi connectivity index (χ2v) is 3.35. The van der Waals surface area contributed by atoms with Gasteiger partial charge in [0.15, 0.2) is 11.9 Å². The van der Waals surface area contributed by atoms with E-state index in [2.05, 4.69) is 0 Å². The molecule has 1 aromatic carbocycles. The number of halogens is 2. The SMILES string of the molecule is CC(=O)C(C)Oc1ccc(F)c(Cl)c1. The molecule has 0 aliphatic carbocycles. The molecule has 14 heavy (non-hydrogen) atoms. The molecule has 0 heterocycles. The lowest BCUT2D eigenvalue weighted by Crippen LogP contribution is -2.20. The number of benzene rings is 1. The third-order valence-corrected chi connectivity index (χ3v) is 2.07. The van der Waals surface area contributed by atoms with Crippen LogP contribution in [0.2, 0.25) is 5.02 Å². The van der Waals surface area contributed by atoms with Gasteiger partial charge in [-0.3, -0.25) is 4.79 Å². The maximum atomic E-state index is 12.7. The molecule has 0 aromatic heterocycles. The van der Waals surface area contributed by atoms with E-state index in [-0.39, 0.29) is 10.8 Å². The third-order valence-electron chi connectivity index (χ3n) is 1.78. The van der Waals surface area contributed by atoms with Crippen LogP contribution in [0.3, 0.4) is 0 Å². The van der Waals surface area contributed by atoms with Gasteiger partial charge in [-0.1, -0.05) is 11.6 Å². The van der Waals surface area contributed by atoms with Gasteiger partial charge in [-0.15, -0.1) is 0 Å². The molecule has 0 amide bonds. The van der Waals surface area contributed by atoms with E-state index >= 15 is 0 Å². The maximum absolute atomic E-state index is 12.7. The van der Waals surface area contributed by atoms with Gasteiger partial charge in [0.2, 0.25) is 0 Å². The van der Waals surface area contributed by atoms with Gasteiger partial charge in [-0.25, -0.2) is 4.39 Å². The zero-order valence-electron chi connectivity index (χ0n) is 7.88. The highest BCUT2D eigenvalue weighted by molar-refractivity contribution is 6.30. The van der Waals surface area contributed by atoms with Gasteiger partial charge < -0.3 is 4.74 Å². The molecule has 0 fully saturated rings. The molecule has 0 N–H and O–H groups in total. The summed E-state index contributed by atoms with van der Waals surface area (Å²) in [5.41, 5.74) is 0. The number of carbonyl (C=O) groups excluding carboxylic acids is 1. The summed E-state index contributed by atoms with van der Waals surface area (Å²) in [5.74, 6) is -0.209. The molecule has 0 aliphatic heterocycles. The molecule has 1 rings (SSSR count). The Balaban J connectivity index is 2.78. The number of carbonyl (C=O) groups is 1. The van der Waals surface area contributed by atoms with E-state index in [9.17, 15) is 9.18 Å². The summed E-state index contributed by atoms with van der Waals surface area (Å²) in [6.45, 7) is 3.05. The molecule has 1 aromatic rings. The first-order chi connectivity index (χ1) is 6.50. The van der Waals surface area contributed by atoms with E-state index in [0.717, 1.165) is 0 Å². The summed E-state index contributed by atoms with van der Waals surface area (Å²) in [5, 5.41) is -0.0155. The van der Waals surface area contributed by atoms with E-state index in [0.29, 0.717) is 5.75 Å². The average molecular weight is 217 g/mol. The third kappa shape index (κ3) is 2.70. The number of rotatable bonds is 3. The highest BCUT2D eigenvalue weighted by Gasteiger charge is 2.10. The molecule has 0 spiro atoms. The Morgan fingerprint density at radius 3 is 2.71 bits per heavy atom. The highest BCUT2D eigenvalue weighted by Crippen LogP contribution is 2.21. The highest BCUT2D eigenvalue weighted by atomic mass is 35.5. The first kappa shape index (κ1) is 11.0. The Hall–Kier alpha value is -1.09. The second-order valence-electron chi connectivity index (χ2n) is 2.95. The lowest BCUT2D eigenvalue weighted by atomic mass is 10.3. The fraction of sp³-hybridized carbons (Fsp3) is 0.300. The standard InChI is InChI=1S/C10H10ClFO2/c1-6(13)7(2)14-8-3-4-10(12)9(11)5-8/h3-5,7H,1-2H3. The number of Topliss-reactive ketones (excluding diaryl/α,β-unsaturated/α-hetero) is 1. The zero-order valence-corrected chi connectivity index (χ0v) is 8.64. The average Bonchev–Trinajstić information content (AvgIpc) is 2.11. The molecule has 0 bridgehead atoms. The molecule has 1 atom stereocenters. The predicted molar refractivity (Wildman–Crippen MR) is 52.2 cm³/mol. The Kier molecular flexibility index (Phi) is 3.47. The van der Waals surface area contributed by atoms with E-state index in [1.54, 1.807) is 6.92 Å². The fourth-order valence-electron chi connectivity index (χ4n) is 0.837. The molecule has 0 radical (unpaired) electrons. The summed E-state index contributed by atoms with van der Waals surface area (Å²) in [6.07, 6.45) is -0.545. The quantitative estimate of drug-likeness (QED) is 0.777. The van der Waals surface area contributed by atoms with Crippen LogP contribution >= 0.6 is 11.6 Å². The molecule has 0 saturated heterocycles. The molecular weight excluding hydrogens is 207 g/mol. The van der Waals surface area contributed by atoms with Crippen LogP contribution in [0.5, 0.6) is 5.75 Å². The normalized spacial score (nSPS) is 12.3. The van der Waals surface area contributed by atoms with Crippen molar-refractivity contribution in [1.82, 2.24) is 0 Å². The van der Waals surface area contributed by atoms with E-state index < -0.39 is 11.9 Å². The minimum Gasteiger partial charge on any atom is -0.483 e. The van der Waals surface area contributed by atoms with Gasteiger partial charge in [0.25, 0.3) is 0 Å². The molecular formula is C10H10ClFO2. The van der Waals surface area contributed by atoms with Crippen LogP contribution in [-0.4, -0.2) is 11.9 Å². The van der Waals surface area contributed by atoms with Crippen LogP contribution in [0.1, 0.15) is 13.8 Å². The van der Waals surface area contributed by atoms with Crippen LogP contribution in [0.15, 0.2) is 18.2 Å². The van der Waals surface area contributed by atoms with Crippen molar-refractivity contribution in [1.29, 1.82) is 0 Å². The molecule has 0 aliphatic rings. The first-order valence-electron chi connectivity index (χ1n) is 4.13. The molecule has 2 nitrogen and oxygen atoms in total. The van der Waals surface area contributed by atoms with Crippen molar-refractivity contribution >= 4 is 17.4 Å². The molecule has 4 heteroatoms. The van der Waals surface area contributed by atoms with Crippen molar-refractivity contribution in [3.8, 4) is 5.75 Å². The minimum atomic E-state index is -0.545. The number of ether oxygens (including phenoxy) is 1. The number of hydrogen-bond donors (Lipinski definition) is 0. The minimum absolute atomic E-state index is 0.0155. The maximum Gasteiger partial charge on any atom is 0.169 e. The largest absolute Gasteiger partial charge is 0.483 e. The van der Waals surface area contributed by atoms with Crippen molar-refractivity contribution in [3.63, 3.8) is 0 Å². The zero-order chi connectivity index (χ0) is 10.7. The van der Waals surface area contributed by atoms with Gasteiger partial charge >= 0.3 is 0 Å². The van der Waals surface area contributed by atoms with Crippen molar-refractivity contribution < 1.29 is 13.9 Å². The van der Waals surface area contributed by atoms with Crippen LogP contribution in [0, 0.1) is 5.82 Å². The van der Waals surface area contributed by atoms with Crippen LogP contribution in [-0.2, 0) is 4.79 Å².